The molecule has 2 aromatic rings. The molecule has 1 saturated heterocycles. The van der Waals surface area contributed by atoms with E-state index >= 15 is 0 Å². The molecule has 27 heavy (non-hydrogen) atoms. The molecule has 0 saturated carbocycles. The number of thiazole rings is 1. The summed E-state index contributed by atoms with van der Waals surface area (Å²) in [5, 5.41) is 16.8. The summed E-state index contributed by atoms with van der Waals surface area (Å²) in [4.78, 5) is 31.7. The molecule has 0 unspecified atom stereocenters. The lowest BCUT2D eigenvalue weighted by atomic mass is 10.2. The summed E-state index contributed by atoms with van der Waals surface area (Å²) in [7, 11) is 1.44. The fourth-order valence-corrected chi connectivity index (χ4v) is 3.60. The Morgan fingerprint density at radius 1 is 1.37 bits per heavy atom. The number of anilines is 2. The standard InChI is InChI=1S/C17H21N5O4S/c1-26-13-2-3-14(15(12-13)22(24)25)19-16(23)4-6-20-7-9-21(10-8-20)17-18-5-11-27-17/h2-3,5,11-12H,4,6-10H2,1H3,(H,19,23). The number of nitrogens with zero attached hydrogens (tertiary/aromatic N) is 4. The van der Waals surface area contributed by atoms with Crippen molar-refractivity contribution >= 4 is 33.8 Å². The van der Waals surface area contributed by atoms with Gasteiger partial charge in [0.2, 0.25) is 5.91 Å². The van der Waals surface area contributed by atoms with Crippen LogP contribution in [0.15, 0.2) is 29.8 Å². The molecule has 0 spiro atoms. The maximum Gasteiger partial charge on any atom is 0.296 e. The first-order chi connectivity index (χ1) is 13.1. The van der Waals surface area contributed by atoms with E-state index in [0.717, 1.165) is 31.3 Å². The van der Waals surface area contributed by atoms with E-state index in [2.05, 4.69) is 20.1 Å². The number of carbonyl (C=O) groups is 1. The predicted molar refractivity (Wildman–Crippen MR) is 104 cm³/mol. The first-order valence-electron chi connectivity index (χ1n) is 8.56. The molecule has 1 aliphatic heterocycles. The van der Waals surface area contributed by atoms with Crippen molar-refractivity contribution in [2.75, 3.05) is 50.1 Å². The summed E-state index contributed by atoms with van der Waals surface area (Å²) < 4.78 is 5.00. The number of ether oxygens (including phenoxy) is 1. The highest BCUT2D eigenvalue weighted by Gasteiger charge is 2.20. The zero-order valence-corrected chi connectivity index (χ0v) is 15.8. The van der Waals surface area contributed by atoms with Gasteiger partial charge in [-0.15, -0.1) is 11.3 Å². The molecule has 1 aromatic carbocycles. The molecule has 2 heterocycles. The van der Waals surface area contributed by atoms with Crippen molar-refractivity contribution in [3.8, 4) is 5.75 Å². The minimum Gasteiger partial charge on any atom is -0.496 e. The zero-order valence-electron chi connectivity index (χ0n) is 15.0. The Morgan fingerprint density at radius 3 is 2.78 bits per heavy atom. The minimum atomic E-state index is -0.532. The number of rotatable bonds is 7. The molecule has 3 rings (SSSR count). The van der Waals surface area contributed by atoms with Crippen molar-refractivity contribution in [2.24, 2.45) is 0 Å². The van der Waals surface area contributed by atoms with Crippen molar-refractivity contribution in [3.63, 3.8) is 0 Å². The second kappa shape index (κ2) is 8.78. The van der Waals surface area contributed by atoms with E-state index in [9.17, 15) is 14.9 Å². The summed E-state index contributed by atoms with van der Waals surface area (Å²) in [5.74, 6) is 0.128. The molecular formula is C17H21N5O4S. The zero-order chi connectivity index (χ0) is 19.2. The largest absolute Gasteiger partial charge is 0.496 e. The number of carbonyl (C=O) groups excluding carboxylic acids is 1. The Labute approximate surface area is 160 Å². The van der Waals surface area contributed by atoms with Crippen LogP contribution in [0.1, 0.15) is 6.42 Å². The molecule has 1 amide bonds. The van der Waals surface area contributed by atoms with Crippen LogP contribution in [0.25, 0.3) is 0 Å². The molecule has 0 bridgehead atoms. The lowest BCUT2D eigenvalue weighted by molar-refractivity contribution is -0.384. The first-order valence-corrected chi connectivity index (χ1v) is 9.44. The van der Waals surface area contributed by atoms with Gasteiger partial charge in [0.15, 0.2) is 5.13 Å². The van der Waals surface area contributed by atoms with E-state index in [1.807, 2.05) is 5.38 Å². The van der Waals surface area contributed by atoms with Gasteiger partial charge in [0.25, 0.3) is 5.69 Å². The molecule has 1 aliphatic rings. The number of hydrogen-bond donors (Lipinski definition) is 1. The number of methoxy groups -OCH3 is 1. The third kappa shape index (κ3) is 4.92. The van der Waals surface area contributed by atoms with Gasteiger partial charge in [-0.05, 0) is 12.1 Å². The molecule has 0 atom stereocenters. The lowest BCUT2D eigenvalue weighted by Gasteiger charge is -2.34. The van der Waals surface area contributed by atoms with Crippen LogP contribution < -0.4 is 15.0 Å². The second-order valence-electron chi connectivity index (χ2n) is 6.08. The summed E-state index contributed by atoms with van der Waals surface area (Å²) in [5.41, 5.74) is -0.000786. The number of nitro groups is 1. The van der Waals surface area contributed by atoms with Gasteiger partial charge in [-0.2, -0.15) is 0 Å². The van der Waals surface area contributed by atoms with Crippen LogP contribution in [0.4, 0.5) is 16.5 Å². The normalized spacial score (nSPS) is 14.8. The Kier molecular flexibility index (Phi) is 6.20. The van der Waals surface area contributed by atoms with E-state index in [1.54, 1.807) is 23.6 Å². The number of nitro benzene ring substituents is 1. The Hall–Kier alpha value is -2.72. The summed E-state index contributed by atoms with van der Waals surface area (Å²) >= 11 is 1.62. The topological polar surface area (TPSA) is 101 Å². The van der Waals surface area contributed by atoms with Gasteiger partial charge >= 0.3 is 0 Å². The Balaban J connectivity index is 1.48. The maximum absolute atomic E-state index is 12.2. The van der Waals surface area contributed by atoms with E-state index in [4.69, 9.17) is 4.74 Å². The minimum absolute atomic E-state index is 0.180. The summed E-state index contributed by atoms with van der Waals surface area (Å²) in [6.07, 6.45) is 2.08. The van der Waals surface area contributed by atoms with Crippen molar-refractivity contribution in [1.29, 1.82) is 0 Å². The van der Waals surface area contributed by atoms with Crippen LogP contribution >= 0.6 is 11.3 Å². The smallest absolute Gasteiger partial charge is 0.296 e. The van der Waals surface area contributed by atoms with E-state index < -0.39 is 4.92 Å². The highest BCUT2D eigenvalue weighted by molar-refractivity contribution is 7.13. The lowest BCUT2D eigenvalue weighted by Crippen LogP contribution is -2.47. The third-order valence-electron chi connectivity index (χ3n) is 4.39. The van der Waals surface area contributed by atoms with Gasteiger partial charge in [-0.1, -0.05) is 0 Å². The van der Waals surface area contributed by atoms with E-state index in [0.29, 0.717) is 12.3 Å². The summed E-state index contributed by atoms with van der Waals surface area (Å²) in [6, 6.07) is 4.37. The maximum atomic E-state index is 12.2. The highest BCUT2D eigenvalue weighted by atomic mass is 32.1. The fraction of sp³-hybridized carbons (Fsp3) is 0.412. The summed E-state index contributed by atoms with van der Waals surface area (Å²) in [6.45, 7) is 4.07. The average Bonchev–Trinajstić information content (AvgIpc) is 3.21. The van der Waals surface area contributed by atoms with Gasteiger partial charge < -0.3 is 15.0 Å². The number of amides is 1. The molecule has 1 aromatic heterocycles. The average molecular weight is 391 g/mol. The Bertz CT molecular complexity index is 791. The molecule has 0 aliphatic carbocycles. The molecule has 144 valence electrons. The number of piperazine rings is 1. The van der Waals surface area contributed by atoms with Gasteiger partial charge in [-0.25, -0.2) is 4.98 Å². The van der Waals surface area contributed by atoms with Crippen LogP contribution in [0.2, 0.25) is 0 Å². The molecule has 1 N–H and O–H groups in total. The number of hydrogen-bond acceptors (Lipinski definition) is 8. The highest BCUT2D eigenvalue weighted by Crippen LogP contribution is 2.29. The van der Waals surface area contributed by atoms with Gasteiger partial charge in [0, 0.05) is 50.7 Å². The van der Waals surface area contributed by atoms with Crippen LogP contribution in [0.5, 0.6) is 5.75 Å². The van der Waals surface area contributed by atoms with Gasteiger partial charge in [0.05, 0.1) is 18.1 Å². The van der Waals surface area contributed by atoms with E-state index in [-0.39, 0.29) is 23.7 Å². The number of nitrogens with one attached hydrogen (secondary N) is 1. The molecule has 10 heteroatoms. The molecule has 9 nitrogen and oxygen atoms in total. The monoisotopic (exact) mass is 391 g/mol. The van der Waals surface area contributed by atoms with Crippen LogP contribution in [-0.4, -0.2) is 60.5 Å². The van der Waals surface area contributed by atoms with Crippen LogP contribution in [0, 0.1) is 10.1 Å². The number of aromatic nitrogens is 1. The van der Waals surface area contributed by atoms with Gasteiger partial charge in [0.1, 0.15) is 11.4 Å². The van der Waals surface area contributed by atoms with Crippen LogP contribution in [-0.2, 0) is 4.79 Å². The Morgan fingerprint density at radius 2 is 2.15 bits per heavy atom. The molecule has 1 fully saturated rings. The van der Waals surface area contributed by atoms with Crippen LogP contribution in [0.3, 0.4) is 0 Å². The first kappa shape index (κ1) is 19.1. The van der Waals surface area contributed by atoms with Crippen molar-refractivity contribution in [3.05, 3.63) is 39.9 Å². The second-order valence-corrected chi connectivity index (χ2v) is 6.95. The molecular weight excluding hydrogens is 370 g/mol. The van der Waals surface area contributed by atoms with Crippen molar-refractivity contribution in [1.82, 2.24) is 9.88 Å². The van der Waals surface area contributed by atoms with Crippen molar-refractivity contribution < 1.29 is 14.5 Å². The SMILES string of the molecule is COc1ccc(NC(=O)CCN2CCN(c3nccs3)CC2)c([N+](=O)[O-])c1. The van der Waals surface area contributed by atoms with Crippen molar-refractivity contribution in [2.45, 2.75) is 6.42 Å². The number of benzene rings is 1. The molecule has 0 radical (unpaired) electrons. The van der Waals surface area contributed by atoms with Gasteiger partial charge in [-0.3, -0.25) is 19.8 Å². The van der Waals surface area contributed by atoms with E-state index in [1.165, 1.54) is 19.2 Å². The third-order valence-corrected chi connectivity index (χ3v) is 5.23. The predicted octanol–water partition coefficient (Wildman–Crippen LogP) is 2.21. The fourth-order valence-electron chi connectivity index (χ4n) is 2.90. The quantitative estimate of drug-likeness (QED) is 0.570.